The van der Waals surface area contributed by atoms with Gasteiger partial charge in [0.15, 0.2) is 0 Å². The van der Waals surface area contributed by atoms with Crippen LogP contribution in [-0.2, 0) is 9.63 Å². The molecule has 0 spiro atoms. The predicted molar refractivity (Wildman–Crippen MR) is 70.3 cm³/mol. The fourth-order valence-corrected chi connectivity index (χ4v) is 1.78. The number of nitrogens with two attached hydrogens (primary N) is 1. The van der Waals surface area contributed by atoms with E-state index in [1.807, 2.05) is 0 Å². The zero-order valence-corrected chi connectivity index (χ0v) is 10.8. The molecule has 108 valence electrons. The molecule has 7 heteroatoms. The molecule has 2 unspecified atom stereocenters. The molecule has 2 rings (SSSR count). The molecule has 1 amide bonds. The van der Waals surface area contributed by atoms with Gasteiger partial charge < -0.3 is 21.0 Å². The highest BCUT2D eigenvalue weighted by Gasteiger charge is 2.25. The number of nitrogens with zero attached hydrogens (tertiary/aromatic N) is 1. The Balaban J connectivity index is 1.83. The van der Waals surface area contributed by atoms with Gasteiger partial charge in [0.2, 0.25) is 0 Å². The lowest BCUT2D eigenvalue weighted by Gasteiger charge is -2.12. The monoisotopic (exact) mass is 281 g/mol. The molecule has 0 bridgehead atoms. The lowest BCUT2D eigenvalue weighted by Crippen LogP contribution is -2.34. The first-order valence-corrected chi connectivity index (χ1v) is 6.24. The second-order valence-electron chi connectivity index (χ2n) is 4.48. The molecule has 0 aliphatic carbocycles. The van der Waals surface area contributed by atoms with Crippen LogP contribution in [0.4, 0.5) is 4.39 Å². The maximum atomic E-state index is 12.7. The summed E-state index contributed by atoms with van der Waals surface area (Å²) >= 11 is 0. The van der Waals surface area contributed by atoms with Gasteiger partial charge in [-0.2, -0.15) is 0 Å². The lowest BCUT2D eigenvalue weighted by atomic mass is 10.1. The molecule has 6 nitrogen and oxygen atoms in total. The van der Waals surface area contributed by atoms with Crippen LogP contribution < -0.4 is 11.1 Å². The summed E-state index contributed by atoms with van der Waals surface area (Å²) in [6.07, 6.45) is -0.819. The molecule has 0 saturated carbocycles. The summed E-state index contributed by atoms with van der Waals surface area (Å²) in [6.45, 7) is 0.301. The van der Waals surface area contributed by atoms with E-state index in [1.54, 1.807) is 0 Å². The van der Waals surface area contributed by atoms with E-state index in [1.165, 1.54) is 24.3 Å². The van der Waals surface area contributed by atoms with Gasteiger partial charge >= 0.3 is 0 Å². The summed E-state index contributed by atoms with van der Waals surface area (Å²) in [5.74, 6) is -0.780. The van der Waals surface area contributed by atoms with Gasteiger partial charge in [0.25, 0.3) is 5.91 Å². The van der Waals surface area contributed by atoms with Gasteiger partial charge in [-0.25, -0.2) is 4.39 Å². The van der Waals surface area contributed by atoms with Gasteiger partial charge in [-0.15, -0.1) is 0 Å². The van der Waals surface area contributed by atoms with Crippen LogP contribution in [0.2, 0.25) is 0 Å². The average Bonchev–Trinajstić information content (AvgIpc) is 2.94. The Hall–Kier alpha value is -1.99. The van der Waals surface area contributed by atoms with Crippen molar-refractivity contribution in [2.24, 2.45) is 10.9 Å². The number of carbonyl (C=O) groups is 1. The van der Waals surface area contributed by atoms with Crippen LogP contribution in [0.25, 0.3) is 0 Å². The Labute approximate surface area is 115 Å². The molecule has 1 aromatic rings. The van der Waals surface area contributed by atoms with E-state index in [0.717, 1.165) is 0 Å². The number of amides is 1. The molecule has 0 fully saturated rings. The third kappa shape index (κ3) is 3.52. The average molecular weight is 281 g/mol. The second kappa shape index (κ2) is 6.44. The van der Waals surface area contributed by atoms with Crippen LogP contribution in [0.1, 0.15) is 18.1 Å². The van der Waals surface area contributed by atoms with Gasteiger partial charge in [-0.3, -0.25) is 4.79 Å². The number of hydrogen-bond donors (Lipinski definition) is 3. The van der Waals surface area contributed by atoms with Crippen molar-refractivity contribution in [1.29, 1.82) is 0 Å². The molecule has 1 heterocycles. The first kappa shape index (κ1) is 14.4. The van der Waals surface area contributed by atoms with Gasteiger partial charge in [0.05, 0.1) is 6.10 Å². The maximum absolute atomic E-state index is 12.7. The number of aliphatic hydroxyl groups excluding tert-OH is 1. The maximum Gasteiger partial charge on any atom is 0.269 e. The van der Waals surface area contributed by atoms with Gasteiger partial charge in [-0.05, 0) is 17.7 Å². The first-order valence-electron chi connectivity index (χ1n) is 6.24. The van der Waals surface area contributed by atoms with Crippen LogP contribution in [0.5, 0.6) is 0 Å². The quantitative estimate of drug-likeness (QED) is 0.712. The molecule has 1 aliphatic heterocycles. The normalized spacial score (nSPS) is 19.1. The van der Waals surface area contributed by atoms with E-state index in [2.05, 4.69) is 10.5 Å². The van der Waals surface area contributed by atoms with E-state index in [-0.39, 0.29) is 24.2 Å². The van der Waals surface area contributed by atoms with Crippen molar-refractivity contribution in [2.75, 3.05) is 13.1 Å². The van der Waals surface area contributed by atoms with Crippen LogP contribution in [0, 0.1) is 5.82 Å². The molecule has 1 aromatic carbocycles. The SMILES string of the molecule is NCC1CC(C(=O)NCC(O)c2ccc(F)cc2)=NO1. The van der Waals surface area contributed by atoms with Crippen molar-refractivity contribution < 1.29 is 19.1 Å². The molecule has 0 radical (unpaired) electrons. The summed E-state index contributed by atoms with van der Waals surface area (Å²) in [7, 11) is 0. The number of benzene rings is 1. The number of nitrogens with one attached hydrogen (secondary N) is 1. The van der Waals surface area contributed by atoms with Crippen molar-refractivity contribution >= 4 is 11.6 Å². The highest BCUT2D eigenvalue weighted by atomic mass is 19.1. The standard InChI is InChI=1S/C13H16FN3O3/c14-9-3-1-8(2-4-9)12(18)7-16-13(19)11-5-10(6-15)20-17-11/h1-4,10,12,18H,5-7,15H2,(H,16,19). The van der Waals surface area contributed by atoms with Crippen molar-refractivity contribution in [3.63, 3.8) is 0 Å². The van der Waals surface area contributed by atoms with Crippen molar-refractivity contribution in [2.45, 2.75) is 18.6 Å². The fourth-order valence-electron chi connectivity index (χ4n) is 1.78. The van der Waals surface area contributed by atoms with E-state index >= 15 is 0 Å². The van der Waals surface area contributed by atoms with Crippen LogP contribution >= 0.6 is 0 Å². The lowest BCUT2D eigenvalue weighted by molar-refractivity contribution is -0.115. The highest BCUT2D eigenvalue weighted by Crippen LogP contribution is 2.13. The second-order valence-corrected chi connectivity index (χ2v) is 4.48. The Morgan fingerprint density at radius 3 is 2.85 bits per heavy atom. The summed E-state index contributed by atoms with van der Waals surface area (Å²) in [5, 5.41) is 16.1. The van der Waals surface area contributed by atoms with Crippen molar-refractivity contribution in [1.82, 2.24) is 5.32 Å². The minimum atomic E-state index is -0.909. The molecule has 2 atom stereocenters. The largest absolute Gasteiger partial charge is 0.390 e. The molecule has 0 aromatic heterocycles. The molecular formula is C13H16FN3O3. The third-order valence-corrected chi connectivity index (χ3v) is 2.97. The highest BCUT2D eigenvalue weighted by molar-refractivity contribution is 6.39. The third-order valence-electron chi connectivity index (χ3n) is 2.97. The zero-order valence-electron chi connectivity index (χ0n) is 10.8. The predicted octanol–water partition coefficient (Wildman–Crippen LogP) is 0.0789. The fraction of sp³-hybridized carbons (Fsp3) is 0.385. The van der Waals surface area contributed by atoms with E-state index in [0.29, 0.717) is 18.5 Å². The number of aliphatic hydroxyl groups is 1. The van der Waals surface area contributed by atoms with Crippen LogP contribution in [-0.4, -0.2) is 35.9 Å². The van der Waals surface area contributed by atoms with Gasteiger partial charge in [0.1, 0.15) is 17.6 Å². The summed E-state index contributed by atoms with van der Waals surface area (Å²) in [6, 6.07) is 5.43. The summed E-state index contributed by atoms with van der Waals surface area (Å²) < 4.78 is 12.7. The summed E-state index contributed by atoms with van der Waals surface area (Å²) in [5.41, 5.74) is 6.19. The van der Waals surface area contributed by atoms with Crippen LogP contribution in [0.3, 0.4) is 0 Å². The Kier molecular flexibility index (Phi) is 4.65. The number of rotatable bonds is 5. The van der Waals surface area contributed by atoms with Crippen molar-refractivity contribution in [3.8, 4) is 0 Å². The number of hydrogen-bond acceptors (Lipinski definition) is 5. The Morgan fingerprint density at radius 1 is 1.55 bits per heavy atom. The summed E-state index contributed by atoms with van der Waals surface area (Å²) in [4.78, 5) is 16.7. The smallest absolute Gasteiger partial charge is 0.269 e. The van der Waals surface area contributed by atoms with Gasteiger partial charge in [-0.1, -0.05) is 17.3 Å². The first-order chi connectivity index (χ1) is 9.60. The Bertz CT molecular complexity index is 504. The van der Waals surface area contributed by atoms with Gasteiger partial charge in [0, 0.05) is 19.5 Å². The van der Waals surface area contributed by atoms with E-state index < -0.39 is 12.0 Å². The van der Waals surface area contributed by atoms with E-state index in [9.17, 15) is 14.3 Å². The molecule has 1 aliphatic rings. The van der Waals surface area contributed by atoms with E-state index in [4.69, 9.17) is 10.6 Å². The Morgan fingerprint density at radius 2 is 2.25 bits per heavy atom. The molecule has 20 heavy (non-hydrogen) atoms. The number of oxime groups is 1. The molecule has 0 saturated heterocycles. The van der Waals surface area contributed by atoms with Crippen LogP contribution in [0.15, 0.2) is 29.4 Å². The minimum Gasteiger partial charge on any atom is -0.390 e. The zero-order chi connectivity index (χ0) is 14.5. The minimum absolute atomic E-state index is 0.0107. The topological polar surface area (TPSA) is 96.9 Å². The molecule has 4 N–H and O–H groups in total. The van der Waals surface area contributed by atoms with Crippen molar-refractivity contribution in [3.05, 3.63) is 35.6 Å². The number of carbonyl (C=O) groups excluding carboxylic acids is 1. The number of halogens is 1. The molecular weight excluding hydrogens is 265 g/mol.